The van der Waals surface area contributed by atoms with Gasteiger partial charge in [0.05, 0.1) is 0 Å². The minimum absolute atomic E-state index is 0.241. The van der Waals surface area contributed by atoms with Gasteiger partial charge in [0.1, 0.15) is 0 Å². The molecule has 3 nitrogen and oxygen atoms in total. The average Bonchev–Trinajstić information content (AvgIpc) is 2.64. The van der Waals surface area contributed by atoms with Crippen LogP contribution >= 0.6 is 9.06 Å². The maximum atomic E-state index is 13.4. The summed E-state index contributed by atoms with van der Waals surface area (Å²) in [6.45, 7) is 5.46. The van der Waals surface area contributed by atoms with E-state index < -0.39 is 24.6 Å². The van der Waals surface area contributed by atoms with Crippen molar-refractivity contribution in [3.8, 4) is 0 Å². The Morgan fingerprint density at radius 3 is 1.10 bits per heavy atom. The molecule has 0 radical (unpaired) electrons. The fraction of sp³-hybridized carbons (Fsp3) is 0.182. The van der Waals surface area contributed by atoms with Crippen LogP contribution in [0.1, 0.15) is 16.7 Å². The van der Waals surface area contributed by atoms with Crippen LogP contribution in [-0.2, 0) is 13.3 Å². The molecule has 0 spiro atoms. The standard InChI is InChI=1S/C22H21F3O3S2/c1-16-4-10-19(11-5-16)29(20-12-6-17(2)7-13-20,21-14-8-18(3)9-15-21)30(26,27)28-22(23,24)25/h4-15H,1-3H3. The van der Waals surface area contributed by atoms with E-state index in [-0.39, 0.29) is 14.7 Å². The molecule has 160 valence electrons. The Bertz CT molecular complexity index is 1010. The van der Waals surface area contributed by atoms with E-state index in [1.807, 2.05) is 20.8 Å². The lowest BCUT2D eigenvalue weighted by Crippen LogP contribution is -2.25. The second-order valence-corrected chi connectivity index (χ2v) is 13.2. The molecule has 0 N–H and O–H groups in total. The molecule has 3 aromatic rings. The molecule has 0 unspecified atom stereocenters. The first-order chi connectivity index (χ1) is 14.0. The first-order valence-electron chi connectivity index (χ1n) is 9.01. The van der Waals surface area contributed by atoms with Crippen molar-refractivity contribution >= 4 is 18.2 Å². The first kappa shape index (κ1) is 22.4. The maximum Gasteiger partial charge on any atom is 0.537 e. The second kappa shape index (κ2) is 8.09. The van der Waals surface area contributed by atoms with Crippen LogP contribution in [0.25, 0.3) is 0 Å². The normalized spacial score (nSPS) is 13.3. The smallest absolute Gasteiger partial charge is 0.188 e. The van der Waals surface area contributed by atoms with Crippen molar-refractivity contribution in [2.75, 3.05) is 0 Å². The lowest BCUT2D eigenvalue weighted by Gasteiger charge is -2.39. The van der Waals surface area contributed by atoms with Crippen molar-refractivity contribution in [3.05, 3.63) is 89.5 Å². The minimum atomic E-state index is -5.35. The Balaban J connectivity index is 2.46. The third-order valence-electron chi connectivity index (χ3n) is 4.56. The van der Waals surface area contributed by atoms with Crippen LogP contribution in [-0.4, -0.2) is 14.8 Å². The molecule has 3 aromatic carbocycles. The summed E-state index contributed by atoms with van der Waals surface area (Å²) in [6.07, 6.45) is -5.35. The van der Waals surface area contributed by atoms with Gasteiger partial charge in [0.25, 0.3) is 0 Å². The number of hydrogen-bond donors (Lipinski definition) is 0. The molecule has 0 aliphatic rings. The summed E-state index contributed by atoms with van der Waals surface area (Å²) < 4.78 is 70.4. The van der Waals surface area contributed by atoms with E-state index in [4.69, 9.17) is 0 Å². The summed E-state index contributed by atoms with van der Waals surface area (Å²) in [5, 5.41) is 0. The zero-order chi connectivity index (χ0) is 22.2. The highest BCUT2D eigenvalue weighted by Crippen LogP contribution is 2.73. The lowest BCUT2D eigenvalue weighted by atomic mass is 10.2. The summed E-state index contributed by atoms with van der Waals surface area (Å²) >= 11 is 0. The number of aryl methyl sites for hydroxylation is 3. The molecule has 0 saturated heterocycles. The summed E-state index contributed by atoms with van der Waals surface area (Å²) in [5.74, 6) is 0. The molecule has 30 heavy (non-hydrogen) atoms. The van der Waals surface area contributed by atoms with Crippen LogP contribution < -0.4 is 0 Å². The molecule has 0 heterocycles. The number of benzene rings is 3. The number of rotatable bonds is 5. The van der Waals surface area contributed by atoms with Crippen molar-refractivity contribution in [1.82, 2.24) is 0 Å². The molecule has 0 aliphatic carbocycles. The predicted octanol–water partition coefficient (Wildman–Crippen LogP) is 6.67. The lowest BCUT2D eigenvalue weighted by molar-refractivity contribution is -0.270. The van der Waals surface area contributed by atoms with E-state index in [2.05, 4.69) is 4.18 Å². The second-order valence-electron chi connectivity index (χ2n) is 6.93. The highest BCUT2D eigenvalue weighted by Gasteiger charge is 2.50. The average molecular weight is 455 g/mol. The number of alkyl halides is 3. The van der Waals surface area contributed by atoms with Gasteiger partial charge in [-0.25, -0.2) is 0 Å². The zero-order valence-electron chi connectivity index (χ0n) is 16.6. The number of halogens is 3. The molecule has 0 bridgehead atoms. The van der Waals surface area contributed by atoms with E-state index in [9.17, 15) is 21.6 Å². The van der Waals surface area contributed by atoms with Crippen molar-refractivity contribution in [3.63, 3.8) is 0 Å². The highest BCUT2D eigenvalue weighted by atomic mass is 33.2. The van der Waals surface area contributed by atoms with Gasteiger partial charge in [-0.1, -0.05) is 53.1 Å². The van der Waals surface area contributed by atoms with Crippen LogP contribution in [0.3, 0.4) is 0 Å². The van der Waals surface area contributed by atoms with Gasteiger partial charge in [0.15, 0.2) is 0 Å². The molecule has 0 fully saturated rings. The van der Waals surface area contributed by atoms with Gasteiger partial charge in [0, 0.05) is 14.7 Å². The molecule has 0 amide bonds. The molecule has 3 rings (SSSR count). The third-order valence-corrected chi connectivity index (χ3v) is 12.1. The summed E-state index contributed by atoms with van der Waals surface area (Å²) in [4.78, 5) is 0.722. The Kier molecular flexibility index (Phi) is 6.04. The summed E-state index contributed by atoms with van der Waals surface area (Å²) in [5.41, 5.74) is 2.57. The fourth-order valence-electron chi connectivity index (χ4n) is 3.12. The van der Waals surface area contributed by atoms with E-state index in [1.54, 1.807) is 72.8 Å². The molecule has 0 aromatic heterocycles. The van der Waals surface area contributed by atoms with Crippen LogP contribution in [0.2, 0.25) is 0 Å². The van der Waals surface area contributed by atoms with Crippen LogP contribution in [0.5, 0.6) is 0 Å². The van der Waals surface area contributed by atoms with Crippen molar-refractivity contribution in [1.29, 1.82) is 0 Å². The quantitative estimate of drug-likeness (QED) is 0.404. The minimum Gasteiger partial charge on any atom is -0.188 e. The predicted molar refractivity (Wildman–Crippen MR) is 112 cm³/mol. The van der Waals surface area contributed by atoms with Crippen LogP contribution in [0, 0.1) is 20.8 Å². The van der Waals surface area contributed by atoms with Gasteiger partial charge in [0.2, 0.25) is 0 Å². The molecule has 0 saturated carbocycles. The van der Waals surface area contributed by atoms with Crippen molar-refractivity contribution in [2.24, 2.45) is 0 Å². The van der Waals surface area contributed by atoms with Gasteiger partial charge in [-0.2, -0.15) is 12.6 Å². The van der Waals surface area contributed by atoms with Crippen LogP contribution in [0.15, 0.2) is 87.5 Å². The third kappa shape index (κ3) is 4.26. The van der Waals surface area contributed by atoms with Gasteiger partial charge in [-0.05, 0) is 66.2 Å². The largest absolute Gasteiger partial charge is 0.537 e. The Hall–Kier alpha value is -2.29. The Labute approximate surface area is 175 Å². The highest BCUT2D eigenvalue weighted by molar-refractivity contribution is 8.89. The Morgan fingerprint density at radius 1 is 0.600 bits per heavy atom. The summed E-state index contributed by atoms with van der Waals surface area (Å²) in [6, 6.07) is 19.4. The van der Waals surface area contributed by atoms with Gasteiger partial charge in [-0.3, -0.25) is 0 Å². The monoisotopic (exact) mass is 454 g/mol. The maximum absolute atomic E-state index is 13.4. The van der Waals surface area contributed by atoms with Crippen molar-refractivity contribution in [2.45, 2.75) is 41.8 Å². The van der Waals surface area contributed by atoms with Gasteiger partial charge >= 0.3 is 15.5 Å². The molecule has 0 aliphatic heterocycles. The Morgan fingerprint density at radius 2 is 0.867 bits per heavy atom. The molecular formula is C22H21F3O3S2. The van der Waals surface area contributed by atoms with Gasteiger partial charge < -0.3 is 0 Å². The van der Waals surface area contributed by atoms with E-state index in [0.717, 1.165) is 16.7 Å². The molecule has 0 atom stereocenters. The topological polar surface area (TPSA) is 43.4 Å². The van der Waals surface area contributed by atoms with Crippen LogP contribution in [0.4, 0.5) is 13.2 Å². The zero-order valence-corrected chi connectivity index (χ0v) is 18.2. The van der Waals surface area contributed by atoms with E-state index >= 15 is 0 Å². The number of hydrogen-bond acceptors (Lipinski definition) is 3. The SMILES string of the molecule is Cc1ccc(S(c2ccc(C)cc2)(c2ccc(C)cc2)S(=O)(=O)OC(F)(F)F)cc1. The van der Waals surface area contributed by atoms with Crippen molar-refractivity contribution < 1.29 is 25.8 Å². The fourth-order valence-corrected chi connectivity index (χ4v) is 10.2. The molecular weight excluding hydrogens is 433 g/mol. The van der Waals surface area contributed by atoms with E-state index in [1.165, 1.54) is 0 Å². The first-order valence-corrected chi connectivity index (χ1v) is 12.6. The summed E-state index contributed by atoms with van der Waals surface area (Å²) in [7, 11) is -8.65. The molecule has 8 heteroatoms. The van der Waals surface area contributed by atoms with Gasteiger partial charge in [-0.15, -0.1) is 13.2 Å². The van der Waals surface area contributed by atoms with E-state index in [0.29, 0.717) is 0 Å².